The molecule has 1 aliphatic heterocycles. The van der Waals surface area contributed by atoms with E-state index in [4.69, 9.17) is 0 Å². The van der Waals surface area contributed by atoms with Gasteiger partial charge in [0.2, 0.25) is 10.0 Å². The van der Waals surface area contributed by atoms with E-state index in [1.807, 2.05) is 10.9 Å². The number of hydrogen-bond donors (Lipinski definition) is 0. The Bertz CT molecular complexity index is 1280. The minimum atomic E-state index is -3.24. The molecule has 1 aliphatic carbocycles. The summed E-state index contributed by atoms with van der Waals surface area (Å²) in [6, 6.07) is 10.6. The van der Waals surface area contributed by atoms with Crippen LogP contribution >= 0.6 is 0 Å². The molecule has 0 N–H and O–H groups in total. The Morgan fingerprint density at radius 1 is 1.12 bits per heavy atom. The van der Waals surface area contributed by atoms with E-state index >= 15 is 0 Å². The van der Waals surface area contributed by atoms with E-state index in [9.17, 15) is 12.8 Å². The molecule has 1 atom stereocenters. The molecule has 2 aromatic carbocycles. The smallest absolute Gasteiger partial charge is 0.214 e. The molecule has 1 saturated carbocycles. The van der Waals surface area contributed by atoms with Crippen molar-refractivity contribution in [2.75, 3.05) is 31.9 Å². The van der Waals surface area contributed by atoms with Crippen molar-refractivity contribution >= 4 is 20.9 Å². The average molecular weight is 485 g/mol. The Hall–Kier alpha value is -2.29. The quantitative estimate of drug-likeness (QED) is 0.495. The van der Waals surface area contributed by atoms with Gasteiger partial charge in [0.05, 0.1) is 23.2 Å². The second-order valence-electron chi connectivity index (χ2n) is 10.3. The van der Waals surface area contributed by atoms with Gasteiger partial charge in [-0.1, -0.05) is 13.8 Å². The Morgan fingerprint density at radius 3 is 2.53 bits per heavy atom. The van der Waals surface area contributed by atoms with Crippen LogP contribution in [0, 0.1) is 24.6 Å². The van der Waals surface area contributed by atoms with Gasteiger partial charge in [0, 0.05) is 37.6 Å². The van der Waals surface area contributed by atoms with Gasteiger partial charge in [-0.3, -0.25) is 4.90 Å². The summed E-state index contributed by atoms with van der Waals surface area (Å²) >= 11 is 0. The van der Waals surface area contributed by atoms with Crippen LogP contribution in [0.3, 0.4) is 0 Å². The van der Waals surface area contributed by atoms with Crippen LogP contribution in [0.4, 0.5) is 4.39 Å². The lowest BCUT2D eigenvalue weighted by Gasteiger charge is -2.42. The fraction of sp³-hybridized carbons (Fsp3) is 0.500. The molecule has 34 heavy (non-hydrogen) atoms. The summed E-state index contributed by atoms with van der Waals surface area (Å²) in [6.07, 6.45) is 3.90. The fourth-order valence-electron chi connectivity index (χ4n) is 5.06. The van der Waals surface area contributed by atoms with Gasteiger partial charge in [-0.25, -0.2) is 17.5 Å². The first-order valence-corrected chi connectivity index (χ1v) is 13.8. The SMILES string of the molecule is Cc1cc2c(cnn2-c2ccc(F)cc2)cc1C1CN(S(=O)(=O)CC2CC2)CCN1CC(C)C. The highest BCUT2D eigenvalue weighted by molar-refractivity contribution is 7.89. The molecule has 3 aromatic rings. The lowest BCUT2D eigenvalue weighted by molar-refractivity contribution is 0.105. The number of nitrogens with zero attached hydrogens (tertiary/aromatic N) is 4. The van der Waals surface area contributed by atoms with Gasteiger partial charge in [-0.2, -0.15) is 9.40 Å². The second kappa shape index (κ2) is 9.06. The zero-order chi connectivity index (χ0) is 24.0. The molecule has 2 fully saturated rings. The van der Waals surface area contributed by atoms with Gasteiger partial charge in [-0.05, 0) is 79.1 Å². The Kier molecular flexibility index (Phi) is 6.25. The van der Waals surface area contributed by atoms with Gasteiger partial charge in [0.1, 0.15) is 5.82 Å². The Labute approximate surface area is 201 Å². The summed E-state index contributed by atoms with van der Waals surface area (Å²) in [5.74, 6) is 0.837. The van der Waals surface area contributed by atoms with Crippen LogP contribution in [-0.2, 0) is 10.0 Å². The number of hydrogen-bond acceptors (Lipinski definition) is 4. The van der Waals surface area contributed by atoms with Gasteiger partial charge in [0.25, 0.3) is 0 Å². The molecule has 1 aromatic heterocycles. The average Bonchev–Trinajstić information content (AvgIpc) is 3.50. The van der Waals surface area contributed by atoms with Gasteiger partial charge < -0.3 is 0 Å². The summed E-state index contributed by atoms with van der Waals surface area (Å²) < 4.78 is 43.1. The summed E-state index contributed by atoms with van der Waals surface area (Å²) in [5.41, 5.74) is 4.02. The number of piperazine rings is 1. The van der Waals surface area contributed by atoms with Crippen LogP contribution in [0.25, 0.3) is 16.6 Å². The molecule has 0 radical (unpaired) electrons. The maximum absolute atomic E-state index is 13.4. The van der Waals surface area contributed by atoms with Crippen molar-refractivity contribution in [3.05, 3.63) is 59.5 Å². The number of fused-ring (bicyclic) bond motifs is 1. The number of aryl methyl sites for hydroxylation is 1. The van der Waals surface area contributed by atoms with E-state index in [0.29, 0.717) is 24.9 Å². The van der Waals surface area contributed by atoms with Crippen molar-refractivity contribution in [3.8, 4) is 5.69 Å². The Morgan fingerprint density at radius 2 is 1.85 bits per heavy atom. The highest BCUT2D eigenvalue weighted by atomic mass is 32.2. The maximum Gasteiger partial charge on any atom is 0.214 e. The van der Waals surface area contributed by atoms with Crippen molar-refractivity contribution in [1.29, 1.82) is 0 Å². The van der Waals surface area contributed by atoms with Crippen LogP contribution in [0.5, 0.6) is 0 Å². The zero-order valence-electron chi connectivity index (χ0n) is 20.1. The van der Waals surface area contributed by atoms with Crippen molar-refractivity contribution in [2.45, 2.75) is 39.7 Å². The minimum Gasteiger partial charge on any atom is -0.293 e. The summed E-state index contributed by atoms with van der Waals surface area (Å²) in [7, 11) is -3.24. The van der Waals surface area contributed by atoms with E-state index in [-0.39, 0.29) is 17.6 Å². The molecule has 0 amide bonds. The third kappa shape index (κ3) is 4.76. The number of aromatic nitrogens is 2. The highest BCUT2D eigenvalue weighted by Gasteiger charge is 2.38. The molecule has 0 spiro atoms. The molecule has 2 aliphatic rings. The van der Waals surface area contributed by atoms with Crippen LogP contribution in [-0.4, -0.2) is 59.3 Å². The minimum absolute atomic E-state index is 0.00343. The van der Waals surface area contributed by atoms with Crippen molar-refractivity contribution in [3.63, 3.8) is 0 Å². The van der Waals surface area contributed by atoms with Crippen LogP contribution in [0.15, 0.2) is 42.6 Å². The molecular formula is C26H33FN4O2S. The van der Waals surface area contributed by atoms with Crippen LogP contribution < -0.4 is 0 Å². The lowest BCUT2D eigenvalue weighted by atomic mass is 9.96. The highest BCUT2D eigenvalue weighted by Crippen LogP contribution is 2.35. The monoisotopic (exact) mass is 484 g/mol. The van der Waals surface area contributed by atoms with Gasteiger partial charge in [0.15, 0.2) is 0 Å². The third-order valence-corrected chi connectivity index (χ3v) is 8.99. The van der Waals surface area contributed by atoms with Crippen molar-refractivity contribution in [1.82, 2.24) is 19.0 Å². The molecule has 6 nitrogen and oxygen atoms in total. The first kappa shape index (κ1) is 23.5. The normalized spacial score (nSPS) is 20.4. The van der Waals surface area contributed by atoms with E-state index < -0.39 is 10.0 Å². The standard InChI is InChI=1S/C26H33FN4O2S/c1-18(2)15-29-10-11-30(34(32,33)17-20-4-5-20)16-26(29)24-13-21-14-28-31(25(21)12-19(24)3)23-8-6-22(27)7-9-23/h6-9,12-14,18,20,26H,4-5,10-11,15-17H2,1-3H3. The first-order chi connectivity index (χ1) is 16.2. The van der Waals surface area contributed by atoms with Crippen LogP contribution in [0.2, 0.25) is 0 Å². The van der Waals surface area contributed by atoms with E-state index in [2.05, 4.69) is 42.9 Å². The molecule has 2 heterocycles. The predicted molar refractivity (Wildman–Crippen MR) is 133 cm³/mol. The maximum atomic E-state index is 13.4. The summed E-state index contributed by atoms with van der Waals surface area (Å²) in [4.78, 5) is 2.44. The predicted octanol–water partition coefficient (Wildman–Crippen LogP) is 4.53. The Balaban J connectivity index is 1.50. The van der Waals surface area contributed by atoms with E-state index in [1.54, 1.807) is 16.4 Å². The number of rotatable bonds is 7. The number of halogens is 1. The van der Waals surface area contributed by atoms with Crippen molar-refractivity contribution < 1.29 is 12.8 Å². The molecule has 5 rings (SSSR count). The summed E-state index contributed by atoms with van der Waals surface area (Å²) in [5, 5.41) is 5.55. The molecule has 182 valence electrons. The summed E-state index contributed by atoms with van der Waals surface area (Å²) in [6.45, 7) is 9.20. The molecule has 1 saturated heterocycles. The van der Waals surface area contributed by atoms with Crippen LogP contribution in [0.1, 0.15) is 43.9 Å². The van der Waals surface area contributed by atoms with Gasteiger partial charge in [-0.15, -0.1) is 0 Å². The zero-order valence-corrected chi connectivity index (χ0v) is 20.9. The fourth-order valence-corrected chi connectivity index (χ4v) is 6.93. The molecule has 1 unspecified atom stereocenters. The first-order valence-electron chi connectivity index (χ1n) is 12.2. The van der Waals surface area contributed by atoms with E-state index in [1.165, 1.54) is 12.1 Å². The van der Waals surface area contributed by atoms with Crippen molar-refractivity contribution in [2.24, 2.45) is 11.8 Å². The second-order valence-corrected chi connectivity index (χ2v) is 12.3. The number of sulfonamides is 1. The largest absolute Gasteiger partial charge is 0.293 e. The van der Waals surface area contributed by atoms with E-state index in [0.717, 1.165) is 53.6 Å². The molecular weight excluding hydrogens is 451 g/mol. The third-order valence-electron chi connectivity index (χ3n) is 6.98. The van der Waals surface area contributed by atoms with Gasteiger partial charge >= 0.3 is 0 Å². The molecule has 8 heteroatoms. The molecule has 0 bridgehead atoms. The number of benzene rings is 2. The topological polar surface area (TPSA) is 58.4 Å². The lowest BCUT2D eigenvalue weighted by Crippen LogP contribution is -2.51.